The zero-order chi connectivity index (χ0) is 25.0. The van der Waals surface area contributed by atoms with Crippen LogP contribution in [0.4, 0.5) is 10.5 Å². The molecular weight excluding hydrogens is 460 g/mol. The number of carbonyl (C=O) groups excluding carboxylic acids is 1. The van der Waals surface area contributed by atoms with Gasteiger partial charge in [0.25, 0.3) is 0 Å². The van der Waals surface area contributed by atoms with Crippen LogP contribution in [0, 0.1) is 5.92 Å². The molecule has 2 fully saturated rings. The van der Waals surface area contributed by atoms with Crippen molar-refractivity contribution in [1.82, 2.24) is 24.1 Å². The third-order valence-electron chi connectivity index (χ3n) is 6.71. The van der Waals surface area contributed by atoms with Crippen LogP contribution in [0.5, 0.6) is 0 Å². The lowest BCUT2D eigenvalue weighted by Gasteiger charge is -2.35. The molecule has 2 aromatic rings. The predicted octanol–water partition coefficient (Wildman–Crippen LogP) is 4.27. The van der Waals surface area contributed by atoms with Crippen LogP contribution in [0.1, 0.15) is 39.4 Å². The maximum Gasteiger partial charge on any atom is 0.317 e. The van der Waals surface area contributed by atoms with Crippen LogP contribution in [0.15, 0.2) is 30.9 Å². The largest absolute Gasteiger partial charge is 0.381 e. The van der Waals surface area contributed by atoms with E-state index in [-0.39, 0.29) is 11.4 Å². The fourth-order valence-corrected chi connectivity index (χ4v) is 5.60. The molecule has 192 valence electrons. The summed E-state index contributed by atoms with van der Waals surface area (Å²) >= 11 is 1.70. The van der Waals surface area contributed by atoms with Crippen molar-refractivity contribution < 1.29 is 9.53 Å². The molecular formula is C26H40N6O2S. The molecule has 2 saturated heterocycles. The highest BCUT2D eigenvalue weighted by atomic mass is 32.2. The van der Waals surface area contributed by atoms with E-state index in [4.69, 9.17) is 9.72 Å². The van der Waals surface area contributed by atoms with E-state index in [2.05, 4.69) is 71.1 Å². The van der Waals surface area contributed by atoms with Gasteiger partial charge in [0.15, 0.2) is 0 Å². The van der Waals surface area contributed by atoms with Crippen molar-refractivity contribution in [1.29, 1.82) is 0 Å². The first-order valence-corrected chi connectivity index (χ1v) is 13.4. The van der Waals surface area contributed by atoms with Gasteiger partial charge >= 0.3 is 6.03 Å². The molecule has 2 aliphatic heterocycles. The van der Waals surface area contributed by atoms with Crippen LogP contribution >= 0.6 is 12.1 Å². The Hall–Kier alpha value is -2.23. The maximum absolute atomic E-state index is 12.2. The number of ether oxygens (including phenoxy) is 1. The second-order valence-corrected chi connectivity index (χ2v) is 11.7. The van der Waals surface area contributed by atoms with Crippen molar-refractivity contribution in [3.05, 3.63) is 36.7 Å². The van der Waals surface area contributed by atoms with Crippen LogP contribution in [-0.4, -0.2) is 77.8 Å². The number of nitrogens with zero attached hydrogens (tertiary/aromatic N) is 5. The number of imidazole rings is 1. The first-order valence-electron chi connectivity index (χ1n) is 12.6. The Morgan fingerprint density at radius 3 is 2.63 bits per heavy atom. The van der Waals surface area contributed by atoms with E-state index in [9.17, 15) is 4.79 Å². The van der Waals surface area contributed by atoms with Gasteiger partial charge in [-0.3, -0.25) is 0 Å². The lowest BCUT2D eigenvalue weighted by atomic mass is 9.94. The van der Waals surface area contributed by atoms with Gasteiger partial charge in [0.2, 0.25) is 0 Å². The normalized spacial score (nSPS) is 18.1. The Morgan fingerprint density at radius 2 is 1.97 bits per heavy atom. The van der Waals surface area contributed by atoms with Gasteiger partial charge in [-0.2, -0.15) is 0 Å². The number of aromatic nitrogens is 2. The third kappa shape index (κ3) is 6.32. The van der Waals surface area contributed by atoms with Crippen molar-refractivity contribution in [3.8, 4) is 0 Å². The number of rotatable bonds is 7. The number of urea groups is 1. The van der Waals surface area contributed by atoms with Crippen LogP contribution in [0.25, 0.3) is 11.0 Å². The number of hydrogen-bond acceptors (Lipinski definition) is 6. The van der Waals surface area contributed by atoms with E-state index < -0.39 is 0 Å². The first-order chi connectivity index (χ1) is 16.8. The number of amides is 2. The molecule has 8 nitrogen and oxygen atoms in total. The molecule has 0 radical (unpaired) electrons. The molecule has 2 amide bonds. The zero-order valence-electron chi connectivity index (χ0n) is 21.6. The zero-order valence-corrected chi connectivity index (χ0v) is 22.4. The number of piperazine rings is 1. The van der Waals surface area contributed by atoms with Crippen molar-refractivity contribution in [3.63, 3.8) is 0 Å². The summed E-state index contributed by atoms with van der Waals surface area (Å²) in [5, 5.41) is 2.86. The van der Waals surface area contributed by atoms with Gasteiger partial charge in [0, 0.05) is 77.1 Å². The number of carbonyl (C=O) groups is 1. The molecule has 0 atom stereocenters. The van der Waals surface area contributed by atoms with Gasteiger partial charge in [-0.1, -0.05) is 26.8 Å². The van der Waals surface area contributed by atoms with Gasteiger partial charge in [-0.25, -0.2) is 14.1 Å². The van der Waals surface area contributed by atoms with Gasteiger partial charge in [0.05, 0.1) is 16.7 Å². The molecule has 0 bridgehead atoms. The van der Waals surface area contributed by atoms with Gasteiger partial charge in [-0.05, 0) is 37.0 Å². The average Bonchev–Trinajstić information content (AvgIpc) is 3.21. The van der Waals surface area contributed by atoms with Gasteiger partial charge in [-0.15, -0.1) is 6.58 Å². The van der Waals surface area contributed by atoms with Crippen LogP contribution in [-0.2, 0) is 16.7 Å². The van der Waals surface area contributed by atoms with Crippen LogP contribution < -0.4 is 9.62 Å². The van der Waals surface area contributed by atoms with Crippen molar-refractivity contribution in [2.75, 3.05) is 57.3 Å². The molecule has 0 aliphatic carbocycles. The topological polar surface area (TPSA) is 65.9 Å². The van der Waals surface area contributed by atoms with E-state index in [1.165, 1.54) is 5.52 Å². The predicted molar refractivity (Wildman–Crippen MR) is 145 cm³/mol. The fourth-order valence-electron chi connectivity index (χ4n) is 4.72. The van der Waals surface area contributed by atoms with E-state index in [1.807, 2.05) is 4.90 Å². The van der Waals surface area contributed by atoms with Gasteiger partial charge in [0.1, 0.15) is 5.82 Å². The quantitative estimate of drug-likeness (QED) is 0.452. The number of nitrogens with one attached hydrogen (secondary N) is 1. The van der Waals surface area contributed by atoms with Gasteiger partial charge < -0.3 is 23.8 Å². The highest BCUT2D eigenvalue weighted by Gasteiger charge is 2.26. The lowest BCUT2D eigenvalue weighted by Crippen LogP contribution is -2.50. The summed E-state index contributed by atoms with van der Waals surface area (Å²) in [4.78, 5) is 19.2. The Bertz CT molecular complexity index is 1020. The summed E-state index contributed by atoms with van der Waals surface area (Å²) < 4.78 is 12.5. The third-order valence-corrected chi connectivity index (χ3v) is 7.76. The molecule has 1 aromatic heterocycles. The summed E-state index contributed by atoms with van der Waals surface area (Å²) in [6, 6.07) is 6.62. The second kappa shape index (κ2) is 11.2. The monoisotopic (exact) mass is 500 g/mol. The Kier molecular flexibility index (Phi) is 8.29. The van der Waals surface area contributed by atoms with Crippen molar-refractivity contribution >= 4 is 34.9 Å². The van der Waals surface area contributed by atoms with Crippen LogP contribution in [0.3, 0.4) is 0 Å². The molecule has 3 heterocycles. The number of fused-ring (bicyclic) bond motifs is 1. The Morgan fingerprint density at radius 1 is 1.26 bits per heavy atom. The number of anilines is 1. The summed E-state index contributed by atoms with van der Waals surface area (Å²) in [6.45, 7) is 16.7. The Balaban J connectivity index is 1.44. The summed E-state index contributed by atoms with van der Waals surface area (Å²) in [7, 11) is 2.10. The number of hydrogen-bond donors (Lipinski definition) is 1. The summed E-state index contributed by atoms with van der Waals surface area (Å²) in [5.41, 5.74) is 3.37. The summed E-state index contributed by atoms with van der Waals surface area (Å²) in [6.07, 6.45) is 3.93. The Labute approximate surface area is 213 Å². The minimum atomic E-state index is -0.0252. The molecule has 2 aliphatic rings. The molecule has 0 spiro atoms. The fraction of sp³-hybridized carbons (Fsp3) is 0.615. The lowest BCUT2D eigenvalue weighted by molar-refractivity contribution is 0.0611. The highest BCUT2D eigenvalue weighted by Crippen LogP contribution is 2.32. The maximum atomic E-state index is 12.2. The molecule has 4 rings (SSSR count). The standard InChI is InChI=1S/C26H40N6O2S/c1-6-11-27-25(33)30-12-14-31(15-13-30)35-29(5)21-7-8-23-22(18-21)28-24(26(2,3)4)32(23)19-20-9-16-34-17-10-20/h6-8,18,20H,1,9-17,19H2,2-5H3,(H,27,33). The molecule has 0 saturated carbocycles. The minimum Gasteiger partial charge on any atom is -0.381 e. The number of benzene rings is 1. The van der Waals surface area contributed by atoms with Crippen LogP contribution in [0.2, 0.25) is 0 Å². The van der Waals surface area contributed by atoms with E-state index in [0.717, 1.165) is 62.7 Å². The SMILES string of the molecule is C=CCNC(=O)N1CCN(SN(C)c2ccc3c(c2)nc(C(C)(C)C)n3CC2CCOCC2)CC1. The minimum absolute atomic E-state index is 0.0145. The smallest absolute Gasteiger partial charge is 0.317 e. The average molecular weight is 501 g/mol. The van der Waals surface area contributed by atoms with E-state index in [0.29, 0.717) is 25.6 Å². The molecule has 35 heavy (non-hydrogen) atoms. The molecule has 1 N–H and O–H groups in total. The van der Waals surface area contributed by atoms with E-state index in [1.54, 1.807) is 18.2 Å². The first kappa shape index (κ1) is 25.9. The van der Waals surface area contributed by atoms with Crippen molar-refractivity contribution in [2.45, 2.75) is 45.6 Å². The molecule has 1 aromatic carbocycles. The molecule has 9 heteroatoms. The summed E-state index contributed by atoms with van der Waals surface area (Å²) in [5.74, 6) is 1.79. The molecule has 0 unspecified atom stereocenters. The van der Waals surface area contributed by atoms with Crippen molar-refractivity contribution in [2.24, 2.45) is 5.92 Å². The van der Waals surface area contributed by atoms with E-state index >= 15 is 0 Å². The highest BCUT2D eigenvalue weighted by molar-refractivity contribution is 7.98. The second-order valence-electron chi connectivity index (χ2n) is 10.5.